The monoisotopic (exact) mass is 821 g/mol. The molecule has 3 unspecified atom stereocenters. The largest absolute Gasteiger partial charge is 0.480 e. The molecule has 1 rings (SSSR count). The molecule has 324 valence electrons. The molecule has 0 amide bonds. The van der Waals surface area contributed by atoms with Crippen molar-refractivity contribution >= 4 is 25.7 Å². The van der Waals surface area contributed by atoms with Crippen LogP contribution >= 0.6 is 7.82 Å². The van der Waals surface area contributed by atoms with Crippen LogP contribution in [0.5, 0.6) is 0 Å². The van der Waals surface area contributed by atoms with Crippen LogP contribution in [0.25, 0.3) is 0 Å². The predicted molar refractivity (Wildman–Crippen MR) is 225 cm³/mol. The Labute approximate surface area is 342 Å². The van der Waals surface area contributed by atoms with Crippen LogP contribution in [0.15, 0.2) is 72.9 Å². The Morgan fingerprint density at radius 2 is 1.23 bits per heavy atom. The highest BCUT2D eigenvalue weighted by molar-refractivity contribution is 7.47. The van der Waals surface area contributed by atoms with Gasteiger partial charge in [0.25, 0.3) is 0 Å². The quantitative estimate of drug-likeness (QED) is 0.0177. The molecular formula is C44H72NO11P. The standard InChI is InChI=1S/C44H72NO11P/c1-3-5-7-8-9-10-11-12-13-14-15-16-17-18-22-25-29-33-42(46)52-35-38(36-53-57(50,51)54-37-39(45)44(48)49)55-43(47)34-30-26-23-20-19-21-24-28-32-41-40(56-41)31-27-6-4-2/h5,7,9-10,12-13,15-16,18,22,24,28,38-41H,3-4,6,8,11,14,17,19-21,23,25-27,29-37,45H2,1-2H3,(H,48,49)(H,50,51)/b7-5-,10-9-,13-12-,16-15-,22-18-,28-24-/t38-,39+,40?,41?/m1/s1. The number of phosphoric ester groups is 1. The van der Waals surface area contributed by atoms with E-state index >= 15 is 0 Å². The van der Waals surface area contributed by atoms with E-state index in [0.717, 1.165) is 70.6 Å². The average molecular weight is 822 g/mol. The molecule has 0 aliphatic carbocycles. The summed E-state index contributed by atoms with van der Waals surface area (Å²) < 4.78 is 38.3. The van der Waals surface area contributed by atoms with Gasteiger partial charge in [0.1, 0.15) is 12.6 Å². The molecule has 57 heavy (non-hydrogen) atoms. The Bertz CT molecular complexity index is 1310. The van der Waals surface area contributed by atoms with Crippen LogP contribution in [-0.2, 0) is 42.2 Å². The van der Waals surface area contributed by atoms with Crippen molar-refractivity contribution < 1.29 is 52.2 Å². The number of ether oxygens (including phenoxy) is 3. The Balaban J connectivity index is 2.35. The summed E-state index contributed by atoms with van der Waals surface area (Å²) in [7, 11) is -4.74. The van der Waals surface area contributed by atoms with Crippen molar-refractivity contribution in [3.8, 4) is 0 Å². The van der Waals surface area contributed by atoms with Gasteiger partial charge in [-0.2, -0.15) is 0 Å². The molecule has 5 atom stereocenters. The van der Waals surface area contributed by atoms with Gasteiger partial charge >= 0.3 is 25.7 Å². The Kier molecular flexibility index (Phi) is 31.8. The van der Waals surface area contributed by atoms with Crippen LogP contribution in [0.4, 0.5) is 0 Å². The fourth-order valence-electron chi connectivity index (χ4n) is 5.46. The van der Waals surface area contributed by atoms with E-state index in [2.05, 4.69) is 79.1 Å². The van der Waals surface area contributed by atoms with Crippen molar-refractivity contribution in [3.63, 3.8) is 0 Å². The lowest BCUT2D eigenvalue weighted by atomic mass is 10.1. The van der Waals surface area contributed by atoms with Gasteiger partial charge in [0.15, 0.2) is 6.10 Å². The van der Waals surface area contributed by atoms with Gasteiger partial charge in [0, 0.05) is 12.8 Å². The Morgan fingerprint density at radius 3 is 1.88 bits per heavy atom. The van der Waals surface area contributed by atoms with E-state index in [4.69, 9.17) is 29.6 Å². The first kappa shape index (κ1) is 51.9. The molecule has 0 spiro atoms. The number of carboxylic acid groups (broad SMARTS) is 1. The van der Waals surface area contributed by atoms with E-state index in [1.807, 2.05) is 12.2 Å². The molecule has 4 N–H and O–H groups in total. The molecule has 0 bridgehead atoms. The van der Waals surface area contributed by atoms with E-state index in [9.17, 15) is 23.8 Å². The van der Waals surface area contributed by atoms with Crippen molar-refractivity contribution in [3.05, 3.63) is 72.9 Å². The number of allylic oxidation sites excluding steroid dienone is 11. The Hall–Kier alpha value is -3.12. The summed E-state index contributed by atoms with van der Waals surface area (Å²) in [6.07, 6.45) is 42.9. The molecule has 1 saturated heterocycles. The van der Waals surface area contributed by atoms with Gasteiger partial charge in [-0.3, -0.25) is 23.4 Å². The predicted octanol–water partition coefficient (Wildman–Crippen LogP) is 9.93. The third-order valence-electron chi connectivity index (χ3n) is 8.86. The highest BCUT2D eigenvalue weighted by Gasteiger charge is 2.36. The molecule has 0 aromatic carbocycles. The zero-order valence-electron chi connectivity index (χ0n) is 34.6. The molecule has 1 aliphatic heterocycles. The molecular weight excluding hydrogens is 749 g/mol. The maximum atomic E-state index is 12.6. The summed E-state index contributed by atoms with van der Waals surface area (Å²) in [4.78, 5) is 45.9. The normalized spacial score (nSPS) is 18.0. The van der Waals surface area contributed by atoms with Crippen molar-refractivity contribution in [1.82, 2.24) is 0 Å². The fourth-order valence-corrected chi connectivity index (χ4v) is 6.24. The summed E-state index contributed by atoms with van der Waals surface area (Å²) in [5.41, 5.74) is 5.32. The third kappa shape index (κ3) is 32.5. The maximum absolute atomic E-state index is 12.6. The van der Waals surface area contributed by atoms with Crippen LogP contribution < -0.4 is 5.73 Å². The third-order valence-corrected chi connectivity index (χ3v) is 9.81. The molecule has 0 radical (unpaired) electrons. The second-order valence-corrected chi connectivity index (χ2v) is 15.6. The molecule has 0 aromatic rings. The smallest absolute Gasteiger partial charge is 0.472 e. The molecule has 12 nitrogen and oxygen atoms in total. The summed E-state index contributed by atoms with van der Waals surface area (Å²) in [5.74, 6) is -2.49. The topological polar surface area (TPSA) is 184 Å². The first-order chi connectivity index (χ1) is 27.6. The van der Waals surface area contributed by atoms with E-state index in [0.29, 0.717) is 31.5 Å². The average Bonchev–Trinajstić information content (AvgIpc) is 3.94. The van der Waals surface area contributed by atoms with Crippen molar-refractivity contribution in [1.29, 1.82) is 0 Å². The number of carboxylic acids is 1. The van der Waals surface area contributed by atoms with E-state index in [1.54, 1.807) is 0 Å². The van der Waals surface area contributed by atoms with E-state index < -0.39 is 51.1 Å². The van der Waals surface area contributed by atoms with Crippen LogP contribution in [0, 0.1) is 0 Å². The minimum atomic E-state index is -4.74. The minimum Gasteiger partial charge on any atom is -0.480 e. The molecule has 1 fully saturated rings. The molecule has 0 aromatic heterocycles. The first-order valence-corrected chi connectivity index (χ1v) is 22.6. The zero-order chi connectivity index (χ0) is 41.8. The van der Waals surface area contributed by atoms with Gasteiger partial charge in [-0.15, -0.1) is 0 Å². The first-order valence-electron chi connectivity index (χ1n) is 21.1. The number of esters is 2. The minimum absolute atomic E-state index is 0.124. The lowest BCUT2D eigenvalue weighted by Crippen LogP contribution is -2.34. The summed E-state index contributed by atoms with van der Waals surface area (Å²) in [6.45, 7) is 2.56. The number of hydrogen-bond acceptors (Lipinski definition) is 10. The van der Waals surface area contributed by atoms with Gasteiger partial charge in [0.2, 0.25) is 0 Å². The summed E-state index contributed by atoms with van der Waals surface area (Å²) in [5, 5.41) is 8.88. The van der Waals surface area contributed by atoms with Crippen molar-refractivity contribution in [2.45, 2.75) is 167 Å². The SMILES string of the molecule is CC/C=C\C/C=C\C/C=C\C/C=C\C/C=C\CCCC(=O)OC[C@H](COP(=O)(O)OC[C@H](N)C(=O)O)OC(=O)CCCCCCC/C=C\CC1OC1CCCCC. The number of phosphoric acid groups is 1. The van der Waals surface area contributed by atoms with Gasteiger partial charge in [-0.05, 0) is 77.0 Å². The lowest BCUT2D eigenvalue weighted by Gasteiger charge is -2.20. The van der Waals surface area contributed by atoms with Crippen LogP contribution in [0.1, 0.15) is 142 Å². The molecule has 1 aliphatic rings. The molecule has 0 saturated carbocycles. The lowest BCUT2D eigenvalue weighted by molar-refractivity contribution is -0.161. The molecule has 1 heterocycles. The Morgan fingerprint density at radius 1 is 0.667 bits per heavy atom. The number of hydrogen-bond donors (Lipinski definition) is 3. The van der Waals surface area contributed by atoms with Crippen molar-refractivity contribution in [2.24, 2.45) is 5.73 Å². The van der Waals surface area contributed by atoms with Gasteiger partial charge < -0.3 is 29.9 Å². The second-order valence-electron chi connectivity index (χ2n) is 14.1. The number of aliphatic carboxylic acids is 1. The summed E-state index contributed by atoms with van der Waals surface area (Å²) in [6, 6.07) is -1.54. The molecule has 13 heteroatoms. The number of nitrogens with two attached hydrogens (primary N) is 1. The van der Waals surface area contributed by atoms with E-state index in [1.165, 1.54) is 25.7 Å². The fraction of sp³-hybridized carbons (Fsp3) is 0.659. The van der Waals surface area contributed by atoms with Gasteiger partial charge in [0.05, 0.1) is 25.4 Å². The number of carbonyl (C=O) groups excluding carboxylic acids is 2. The van der Waals surface area contributed by atoms with Gasteiger partial charge in [-0.1, -0.05) is 125 Å². The van der Waals surface area contributed by atoms with Crippen molar-refractivity contribution in [2.75, 3.05) is 19.8 Å². The van der Waals surface area contributed by atoms with Gasteiger partial charge in [-0.25, -0.2) is 4.57 Å². The highest BCUT2D eigenvalue weighted by Crippen LogP contribution is 2.43. The number of carbonyl (C=O) groups is 3. The number of epoxide rings is 1. The van der Waals surface area contributed by atoms with E-state index in [-0.39, 0.29) is 19.4 Å². The van der Waals surface area contributed by atoms with Crippen LogP contribution in [0.2, 0.25) is 0 Å². The number of unbranched alkanes of at least 4 members (excludes halogenated alkanes) is 8. The highest BCUT2D eigenvalue weighted by atomic mass is 31.2. The number of rotatable bonds is 37. The maximum Gasteiger partial charge on any atom is 0.472 e. The summed E-state index contributed by atoms with van der Waals surface area (Å²) >= 11 is 0. The zero-order valence-corrected chi connectivity index (χ0v) is 35.5. The van der Waals surface area contributed by atoms with Crippen LogP contribution in [-0.4, -0.2) is 72.1 Å². The van der Waals surface area contributed by atoms with Crippen LogP contribution in [0.3, 0.4) is 0 Å². The second kappa shape index (κ2) is 34.9.